The zero-order chi connectivity index (χ0) is 19.8. The van der Waals surface area contributed by atoms with Crippen molar-refractivity contribution in [1.82, 2.24) is 0 Å². The SMILES string of the molecule is COc1c(OCc2ccccc2)cc(NC(C)=O)cc1OCc1ccccc1. The fourth-order valence-electron chi connectivity index (χ4n) is 2.74. The van der Waals surface area contributed by atoms with Gasteiger partial charge in [-0.25, -0.2) is 0 Å². The van der Waals surface area contributed by atoms with Crippen LogP contribution in [0.5, 0.6) is 17.2 Å². The Labute approximate surface area is 164 Å². The van der Waals surface area contributed by atoms with Gasteiger partial charge in [-0.2, -0.15) is 0 Å². The van der Waals surface area contributed by atoms with Gasteiger partial charge in [-0.1, -0.05) is 60.7 Å². The van der Waals surface area contributed by atoms with Gasteiger partial charge in [0.25, 0.3) is 0 Å². The summed E-state index contributed by atoms with van der Waals surface area (Å²) in [6, 6.07) is 23.1. The van der Waals surface area contributed by atoms with E-state index < -0.39 is 0 Å². The lowest BCUT2D eigenvalue weighted by Gasteiger charge is -2.17. The van der Waals surface area contributed by atoms with E-state index in [0.717, 1.165) is 11.1 Å². The molecule has 0 saturated carbocycles. The van der Waals surface area contributed by atoms with Crippen molar-refractivity contribution >= 4 is 11.6 Å². The minimum atomic E-state index is -0.173. The number of methoxy groups -OCH3 is 1. The van der Waals surface area contributed by atoms with E-state index in [0.29, 0.717) is 36.1 Å². The van der Waals surface area contributed by atoms with Crippen molar-refractivity contribution in [3.05, 3.63) is 83.9 Å². The average Bonchev–Trinajstić information content (AvgIpc) is 2.71. The molecule has 0 aliphatic heterocycles. The first-order valence-electron chi connectivity index (χ1n) is 8.99. The van der Waals surface area contributed by atoms with Crippen molar-refractivity contribution in [2.45, 2.75) is 20.1 Å². The third-order valence-corrected chi connectivity index (χ3v) is 4.02. The molecule has 0 bridgehead atoms. The van der Waals surface area contributed by atoms with Crippen LogP contribution in [-0.4, -0.2) is 13.0 Å². The molecule has 3 aromatic rings. The van der Waals surface area contributed by atoms with Gasteiger partial charge in [0, 0.05) is 24.7 Å². The molecule has 0 aromatic heterocycles. The Kier molecular flexibility index (Phi) is 6.52. The van der Waals surface area contributed by atoms with Crippen molar-refractivity contribution in [3.63, 3.8) is 0 Å². The zero-order valence-electron chi connectivity index (χ0n) is 16.0. The number of benzene rings is 3. The van der Waals surface area contributed by atoms with E-state index >= 15 is 0 Å². The maximum absolute atomic E-state index is 11.5. The first-order valence-corrected chi connectivity index (χ1v) is 8.99. The highest BCUT2D eigenvalue weighted by Crippen LogP contribution is 2.41. The molecule has 0 saturated heterocycles. The van der Waals surface area contributed by atoms with Crippen molar-refractivity contribution in [1.29, 1.82) is 0 Å². The molecule has 0 spiro atoms. The van der Waals surface area contributed by atoms with Crippen LogP contribution in [0.15, 0.2) is 72.8 Å². The minimum Gasteiger partial charge on any atom is -0.490 e. The molecule has 144 valence electrons. The third-order valence-electron chi connectivity index (χ3n) is 4.02. The van der Waals surface area contributed by atoms with Crippen molar-refractivity contribution in [2.24, 2.45) is 0 Å². The summed E-state index contributed by atoms with van der Waals surface area (Å²) in [5, 5.41) is 2.78. The summed E-state index contributed by atoms with van der Waals surface area (Å²) in [6.45, 7) is 2.21. The number of anilines is 1. The number of hydrogen-bond acceptors (Lipinski definition) is 4. The number of carbonyl (C=O) groups excluding carboxylic acids is 1. The molecule has 5 nitrogen and oxygen atoms in total. The monoisotopic (exact) mass is 377 g/mol. The van der Waals surface area contributed by atoms with Crippen molar-refractivity contribution < 1.29 is 19.0 Å². The standard InChI is InChI=1S/C23H23NO4/c1-17(25)24-20-13-21(27-15-18-9-5-3-6-10-18)23(26-2)22(14-20)28-16-19-11-7-4-8-12-19/h3-14H,15-16H2,1-2H3,(H,24,25). The molecule has 5 heteroatoms. The van der Waals surface area contributed by atoms with Gasteiger partial charge in [-0.3, -0.25) is 4.79 Å². The molecule has 1 amide bonds. The second-order valence-electron chi connectivity index (χ2n) is 6.24. The highest BCUT2D eigenvalue weighted by Gasteiger charge is 2.16. The molecular weight excluding hydrogens is 354 g/mol. The second kappa shape index (κ2) is 9.46. The predicted molar refractivity (Wildman–Crippen MR) is 109 cm³/mol. The van der Waals surface area contributed by atoms with Crippen LogP contribution in [0.25, 0.3) is 0 Å². The number of ether oxygens (including phenoxy) is 3. The number of nitrogens with one attached hydrogen (secondary N) is 1. The van der Waals surface area contributed by atoms with E-state index in [1.165, 1.54) is 6.92 Å². The summed E-state index contributed by atoms with van der Waals surface area (Å²) in [5.41, 5.74) is 2.64. The normalized spacial score (nSPS) is 10.2. The molecule has 0 aliphatic rings. The van der Waals surface area contributed by atoms with Crippen molar-refractivity contribution in [2.75, 3.05) is 12.4 Å². The Morgan fingerprint density at radius 3 is 1.68 bits per heavy atom. The smallest absolute Gasteiger partial charge is 0.221 e. The topological polar surface area (TPSA) is 56.8 Å². The zero-order valence-corrected chi connectivity index (χ0v) is 16.0. The predicted octanol–water partition coefficient (Wildman–Crippen LogP) is 4.81. The van der Waals surface area contributed by atoms with Gasteiger partial charge < -0.3 is 19.5 Å². The summed E-state index contributed by atoms with van der Waals surface area (Å²) in [6.07, 6.45) is 0. The van der Waals surface area contributed by atoms with E-state index in [-0.39, 0.29) is 5.91 Å². The van der Waals surface area contributed by atoms with Crippen molar-refractivity contribution in [3.8, 4) is 17.2 Å². The van der Waals surface area contributed by atoms with Gasteiger partial charge in [0.1, 0.15) is 13.2 Å². The van der Waals surface area contributed by atoms with Gasteiger partial charge in [-0.15, -0.1) is 0 Å². The Morgan fingerprint density at radius 1 is 0.821 bits per heavy atom. The first kappa shape index (κ1) is 19.3. The Bertz CT molecular complexity index is 846. The fourth-order valence-corrected chi connectivity index (χ4v) is 2.74. The highest BCUT2D eigenvalue weighted by atomic mass is 16.5. The molecule has 3 rings (SSSR count). The molecular formula is C23H23NO4. The minimum absolute atomic E-state index is 0.173. The molecule has 0 aliphatic carbocycles. The van der Waals surface area contributed by atoms with Crippen LogP contribution in [0.4, 0.5) is 5.69 Å². The number of hydrogen-bond donors (Lipinski definition) is 1. The number of carbonyl (C=O) groups is 1. The Balaban J connectivity index is 1.86. The summed E-state index contributed by atoms with van der Waals surface area (Å²) < 4.78 is 17.5. The molecule has 0 heterocycles. The lowest BCUT2D eigenvalue weighted by molar-refractivity contribution is -0.114. The van der Waals surface area contributed by atoms with Crippen LogP contribution in [0.1, 0.15) is 18.1 Å². The maximum Gasteiger partial charge on any atom is 0.221 e. The van der Waals surface area contributed by atoms with Gasteiger partial charge in [0.2, 0.25) is 11.7 Å². The maximum atomic E-state index is 11.5. The van der Waals surface area contributed by atoms with E-state index in [1.54, 1.807) is 19.2 Å². The molecule has 0 radical (unpaired) electrons. The van der Waals surface area contributed by atoms with Crippen LogP contribution in [0.3, 0.4) is 0 Å². The molecule has 1 N–H and O–H groups in total. The summed E-state index contributed by atoms with van der Waals surface area (Å²) >= 11 is 0. The molecule has 28 heavy (non-hydrogen) atoms. The Hall–Kier alpha value is -3.47. The first-order chi connectivity index (χ1) is 13.7. The van der Waals surface area contributed by atoms with E-state index in [9.17, 15) is 4.79 Å². The van der Waals surface area contributed by atoms with E-state index in [4.69, 9.17) is 14.2 Å². The van der Waals surface area contributed by atoms with Crippen LogP contribution in [0.2, 0.25) is 0 Å². The largest absolute Gasteiger partial charge is 0.490 e. The van der Waals surface area contributed by atoms with Crippen LogP contribution in [-0.2, 0) is 18.0 Å². The molecule has 0 atom stereocenters. The van der Waals surface area contributed by atoms with Gasteiger partial charge in [-0.05, 0) is 11.1 Å². The van der Waals surface area contributed by atoms with Gasteiger partial charge in [0.15, 0.2) is 11.5 Å². The Morgan fingerprint density at radius 2 is 1.29 bits per heavy atom. The number of rotatable bonds is 8. The van der Waals surface area contributed by atoms with Crippen LogP contribution in [0, 0.1) is 0 Å². The summed E-state index contributed by atoms with van der Waals surface area (Å²) in [5.74, 6) is 1.32. The summed E-state index contributed by atoms with van der Waals surface area (Å²) in [4.78, 5) is 11.5. The van der Waals surface area contributed by atoms with Crippen LogP contribution < -0.4 is 19.5 Å². The van der Waals surface area contributed by atoms with Crippen LogP contribution >= 0.6 is 0 Å². The number of amides is 1. The van der Waals surface area contributed by atoms with E-state index in [1.807, 2.05) is 60.7 Å². The molecule has 0 fully saturated rings. The van der Waals surface area contributed by atoms with E-state index in [2.05, 4.69) is 5.32 Å². The molecule has 3 aromatic carbocycles. The fraction of sp³-hybridized carbons (Fsp3) is 0.174. The lowest BCUT2D eigenvalue weighted by Crippen LogP contribution is -2.08. The van der Waals surface area contributed by atoms with Gasteiger partial charge >= 0.3 is 0 Å². The molecule has 0 unspecified atom stereocenters. The quantitative estimate of drug-likeness (QED) is 0.612. The lowest BCUT2D eigenvalue weighted by atomic mass is 10.2. The second-order valence-corrected chi connectivity index (χ2v) is 6.24. The summed E-state index contributed by atoms with van der Waals surface area (Å²) in [7, 11) is 1.57. The van der Waals surface area contributed by atoms with Gasteiger partial charge in [0.05, 0.1) is 7.11 Å². The average molecular weight is 377 g/mol. The highest BCUT2D eigenvalue weighted by molar-refractivity contribution is 5.89. The third kappa shape index (κ3) is 5.27.